The van der Waals surface area contributed by atoms with E-state index in [1.807, 2.05) is 12.1 Å². The van der Waals surface area contributed by atoms with Crippen LogP contribution in [0.3, 0.4) is 0 Å². The molecule has 1 atom stereocenters. The molecule has 0 amide bonds. The number of aromatic hydroxyl groups is 1. The molecule has 2 rings (SSSR count). The standard InChI is InChI=1S/C10H9NO3S/c12-10-8-4-2-1-3-7(8)5-6-9(10)11-15(13)14/h1-6,11-12H,(H,13,14). The van der Waals surface area contributed by atoms with Gasteiger partial charge in [0.05, 0.1) is 5.69 Å². The Morgan fingerprint density at radius 3 is 2.60 bits per heavy atom. The number of nitrogens with one attached hydrogen (secondary N) is 1. The zero-order valence-corrected chi connectivity index (χ0v) is 8.49. The Hall–Kier alpha value is -1.59. The summed E-state index contributed by atoms with van der Waals surface area (Å²) >= 11 is -2.18. The average molecular weight is 223 g/mol. The lowest BCUT2D eigenvalue weighted by Crippen LogP contribution is -2.01. The Morgan fingerprint density at radius 2 is 1.87 bits per heavy atom. The van der Waals surface area contributed by atoms with E-state index in [2.05, 4.69) is 4.72 Å². The SMILES string of the molecule is O=S(O)Nc1ccc2ccccc2c1O. The van der Waals surface area contributed by atoms with Crippen molar-refractivity contribution in [1.29, 1.82) is 0 Å². The van der Waals surface area contributed by atoms with Gasteiger partial charge in [-0.2, -0.15) is 0 Å². The maximum atomic E-state index is 10.5. The maximum absolute atomic E-state index is 10.5. The summed E-state index contributed by atoms with van der Waals surface area (Å²) in [6.07, 6.45) is 0. The number of phenolic OH excluding ortho intramolecular Hbond substituents is 1. The summed E-state index contributed by atoms with van der Waals surface area (Å²) in [5, 5.41) is 11.3. The van der Waals surface area contributed by atoms with E-state index in [4.69, 9.17) is 4.55 Å². The van der Waals surface area contributed by atoms with Gasteiger partial charge in [0.15, 0.2) is 0 Å². The van der Waals surface area contributed by atoms with Gasteiger partial charge in [-0.25, -0.2) is 4.21 Å². The summed E-state index contributed by atoms with van der Waals surface area (Å²) in [5.41, 5.74) is 0.245. The van der Waals surface area contributed by atoms with E-state index >= 15 is 0 Å². The fraction of sp³-hybridized carbons (Fsp3) is 0. The van der Waals surface area contributed by atoms with Gasteiger partial charge in [0, 0.05) is 5.39 Å². The first-order valence-corrected chi connectivity index (χ1v) is 5.37. The summed E-state index contributed by atoms with van der Waals surface area (Å²) in [5.74, 6) is -0.0181. The van der Waals surface area contributed by atoms with Crippen molar-refractivity contribution in [3.63, 3.8) is 0 Å². The Kier molecular flexibility index (Phi) is 2.57. The number of rotatable bonds is 2. The highest BCUT2D eigenvalue weighted by Gasteiger charge is 2.06. The van der Waals surface area contributed by atoms with Gasteiger partial charge in [0.25, 0.3) is 11.3 Å². The van der Waals surface area contributed by atoms with Gasteiger partial charge >= 0.3 is 0 Å². The van der Waals surface area contributed by atoms with Gasteiger partial charge in [-0.05, 0) is 11.5 Å². The molecule has 0 spiro atoms. The molecule has 0 aliphatic rings. The van der Waals surface area contributed by atoms with Crippen LogP contribution in [0.5, 0.6) is 5.75 Å². The van der Waals surface area contributed by atoms with Crippen LogP contribution in [-0.2, 0) is 11.3 Å². The van der Waals surface area contributed by atoms with E-state index in [0.717, 1.165) is 5.39 Å². The van der Waals surface area contributed by atoms with E-state index in [1.54, 1.807) is 24.3 Å². The van der Waals surface area contributed by atoms with E-state index in [9.17, 15) is 9.32 Å². The van der Waals surface area contributed by atoms with Crippen molar-refractivity contribution in [3.05, 3.63) is 36.4 Å². The molecule has 0 bridgehead atoms. The van der Waals surface area contributed by atoms with Crippen molar-refractivity contribution in [3.8, 4) is 5.75 Å². The average Bonchev–Trinajstić information content (AvgIpc) is 2.22. The number of anilines is 1. The third-order valence-corrected chi connectivity index (χ3v) is 2.49. The highest BCUT2D eigenvalue weighted by atomic mass is 32.2. The fourth-order valence-corrected chi connectivity index (χ4v) is 1.78. The predicted octanol–water partition coefficient (Wildman–Crippen LogP) is 2.09. The maximum Gasteiger partial charge on any atom is 0.259 e. The molecule has 5 heteroatoms. The molecular formula is C10H9NO3S. The van der Waals surface area contributed by atoms with Crippen LogP contribution in [0.2, 0.25) is 0 Å². The monoisotopic (exact) mass is 223 g/mol. The molecule has 2 aromatic carbocycles. The molecule has 0 fully saturated rings. The summed E-state index contributed by atoms with van der Waals surface area (Å²) in [6.45, 7) is 0. The lowest BCUT2D eigenvalue weighted by molar-refractivity contribution is 0.483. The normalized spacial score (nSPS) is 12.6. The Labute approximate surface area is 89.0 Å². The summed E-state index contributed by atoms with van der Waals surface area (Å²) in [4.78, 5) is 0. The Balaban J connectivity index is 2.59. The van der Waals surface area contributed by atoms with Crippen LogP contribution in [0.25, 0.3) is 10.8 Å². The third-order valence-electron chi connectivity index (χ3n) is 2.10. The minimum atomic E-state index is -2.18. The molecule has 1 unspecified atom stereocenters. The van der Waals surface area contributed by atoms with Crippen molar-refractivity contribution in [1.82, 2.24) is 0 Å². The topological polar surface area (TPSA) is 69.6 Å². The van der Waals surface area contributed by atoms with Crippen LogP contribution in [0.1, 0.15) is 0 Å². The highest BCUT2D eigenvalue weighted by Crippen LogP contribution is 2.32. The largest absolute Gasteiger partial charge is 0.505 e. The van der Waals surface area contributed by atoms with Crippen molar-refractivity contribution in [2.75, 3.05) is 4.72 Å². The summed E-state index contributed by atoms with van der Waals surface area (Å²) in [6, 6.07) is 10.6. The number of fused-ring (bicyclic) bond motifs is 1. The highest BCUT2D eigenvalue weighted by molar-refractivity contribution is 7.80. The number of benzene rings is 2. The first-order valence-electron chi connectivity index (χ1n) is 4.27. The second-order valence-electron chi connectivity index (χ2n) is 3.03. The lowest BCUT2D eigenvalue weighted by atomic mass is 10.1. The molecule has 3 N–H and O–H groups in total. The van der Waals surface area contributed by atoms with Crippen molar-refractivity contribution in [2.45, 2.75) is 0 Å². The smallest absolute Gasteiger partial charge is 0.259 e. The number of phenols is 1. The molecule has 0 radical (unpaired) electrons. The van der Waals surface area contributed by atoms with E-state index in [0.29, 0.717) is 5.39 Å². The summed E-state index contributed by atoms with van der Waals surface area (Å²) < 4.78 is 21.4. The van der Waals surface area contributed by atoms with Crippen LogP contribution in [0.4, 0.5) is 5.69 Å². The van der Waals surface area contributed by atoms with Gasteiger partial charge in [-0.1, -0.05) is 30.3 Å². The van der Waals surface area contributed by atoms with Gasteiger partial charge < -0.3 is 5.11 Å². The van der Waals surface area contributed by atoms with E-state index in [1.165, 1.54) is 0 Å². The van der Waals surface area contributed by atoms with Crippen LogP contribution in [0.15, 0.2) is 36.4 Å². The minimum Gasteiger partial charge on any atom is -0.505 e. The second kappa shape index (κ2) is 3.88. The van der Waals surface area contributed by atoms with Crippen LogP contribution in [-0.4, -0.2) is 13.9 Å². The first kappa shape index (κ1) is 9.95. The number of hydrogen-bond donors (Lipinski definition) is 3. The zero-order valence-electron chi connectivity index (χ0n) is 7.68. The molecule has 4 nitrogen and oxygen atoms in total. The van der Waals surface area contributed by atoms with Crippen LogP contribution < -0.4 is 4.72 Å². The molecule has 0 aliphatic heterocycles. The van der Waals surface area contributed by atoms with Gasteiger partial charge in [0.2, 0.25) is 0 Å². The molecule has 0 saturated heterocycles. The van der Waals surface area contributed by atoms with E-state index in [-0.39, 0.29) is 11.4 Å². The molecular weight excluding hydrogens is 214 g/mol. The quantitative estimate of drug-likeness (QED) is 0.539. The van der Waals surface area contributed by atoms with Crippen molar-refractivity contribution in [2.24, 2.45) is 0 Å². The molecule has 15 heavy (non-hydrogen) atoms. The van der Waals surface area contributed by atoms with Gasteiger partial charge in [0.1, 0.15) is 5.75 Å². The van der Waals surface area contributed by atoms with E-state index < -0.39 is 11.3 Å². The molecule has 0 aromatic heterocycles. The second-order valence-corrected chi connectivity index (χ2v) is 3.74. The molecule has 0 heterocycles. The lowest BCUT2D eigenvalue weighted by Gasteiger charge is -2.07. The Morgan fingerprint density at radius 1 is 1.13 bits per heavy atom. The molecule has 78 valence electrons. The van der Waals surface area contributed by atoms with Crippen LogP contribution in [0, 0.1) is 0 Å². The minimum absolute atomic E-state index is 0.0181. The predicted molar refractivity (Wildman–Crippen MR) is 60.0 cm³/mol. The van der Waals surface area contributed by atoms with Crippen molar-refractivity contribution >= 4 is 27.7 Å². The first-order chi connectivity index (χ1) is 7.18. The Bertz CT molecular complexity index is 527. The molecule has 0 saturated carbocycles. The molecule has 0 aliphatic carbocycles. The van der Waals surface area contributed by atoms with Crippen LogP contribution >= 0.6 is 0 Å². The zero-order chi connectivity index (χ0) is 10.8. The third kappa shape index (κ3) is 1.93. The van der Waals surface area contributed by atoms with Crippen molar-refractivity contribution < 1.29 is 13.9 Å². The number of hydrogen-bond acceptors (Lipinski definition) is 2. The van der Waals surface area contributed by atoms with Gasteiger partial charge in [-0.3, -0.25) is 9.27 Å². The summed E-state index contributed by atoms with van der Waals surface area (Å²) in [7, 11) is 0. The molecule has 2 aromatic rings. The fourth-order valence-electron chi connectivity index (χ4n) is 1.43. The van der Waals surface area contributed by atoms with Gasteiger partial charge in [-0.15, -0.1) is 0 Å².